The van der Waals surface area contributed by atoms with Crippen LogP contribution in [0.2, 0.25) is 0 Å². The molecule has 1 aromatic carbocycles. The summed E-state index contributed by atoms with van der Waals surface area (Å²) in [4.78, 5) is 12.6. The molecule has 1 unspecified atom stereocenters. The number of hydrogen-bond donors (Lipinski definition) is 1. The average Bonchev–Trinajstić information content (AvgIpc) is 2.25. The van der Waals surface area contributed by atoms with E-state index in [4.69, 9.17) is 5.11 Å². The Morgan fingerprint density at radius 2 is 1.94 bits per heavy atom. The van der Waals surface area contributed by atoms with Crippen LogP contribution in [0.3, 0.4) is 0 Å². The molecule has 1 atom stereocenters. The van der Waals surface area contributed by atoms with Crippen LogP contribution >= 0.6 is 0 Å². The van der Waals surface area contributed by atoms with E-state index >= 15 is 0 Å². The van der Waals surface area contributed by atoms with Crippen LogP contribution in [-0.4, -0.2) is 30.1 Å². The molecule has 3 nitrogen and oxygen atoms in total. The van der Waals surface area contributed by atoms with Crippen molar-refractivity contribution < 1.29 is 9.90 Å². The van der Waals surface area contributed by atoms with Gasteiger partial charge in [0, 0.05) is 12.5 Å². The molecule has 0 amide bonds. The molecule has 3 heteroatoms. The van der Waals surface area contributed by atoms with E-state index in [-0.39, 0.29) is 6.42 Å². The summed E-state index contributed by atoms with van der Waals surface area (Å²) in [6.07, 6.45) is 1.84. The maximum absolute atomic E-state index is 10.5. The molecule has 16 heavy (non-hydrogen) atoms. The van der Waals surface area contributed by atoms with Crippen LogP contribution in [0.4, 0.5) is 0 Å². The Balaban J connectivity index is 2.58. The van der Waals surface area contributed by atoms with Gasteiger partial charge in [-0.05, 0) is 32.5 Å². The van der Waals surface area contributed by atoms with Crippen molar-refractivity contribution in [2.75, 3.05) is 14.1 Å². The summed E-state index contributed by atoms with van der Waals surface area (Å²) in [5, 5.41) is 8.62. The van der Waals surface area contributed by atoms with Gasteiger partial charge in [-0.3, -0.25) is 4.79 Å². The number of aliphatic carboxylic acids is 1. The highest BCUT2D eigenvalue weighted by atomic mass is 16.4. The Hall–Kier alpha value is -1.35. The normalized spacial score (nSPS) is 12.7. The van der Waals surface area contributed by atoms with E-state index in [1.165, 1.54) is 5.56 Å². The Morgan fingerprint density at radius 1 is 1.31 bits per heavy atom. The first-order valence-electron chi connectivity index (χ1n) is 5.54. The van der Waals surface area contributed by atoms with Crippen molar-refractivity contribution in [1.29, 1.82) is 0 Å². The molecule has 0 bridgehead atoms. The fraction of sp³-hybridized carbons (Fsp3) is 0.462. The van der Waals surface area contributed by atoms with Gasteiger partial charge in [0.1, 0.15) is 0 Å². The SMILES string of the molecule is CN(C)C(CCCC(=O)O)c1ccccc1. The molecule has 0 fully saturated rings. The monoisotopic (exact) mass is 221 g/mol. The van der Waals surface area contributed by atoms with Crippen molar-refractivity contribution in [2.45, 2.75) is 25.3 Å². The van der Waals surface area contributed by atoms with Crippen molar-refractivity contribution >= 4 is 5.97 Å². The number of carboxylic acid groups (broad SMARTS) is 1. The van der Waals surface area contributed by atoms with Crippen molar-refractivity contribution in [2.24, 2.45) is 0 Å². The van der Waals surface area contributed by atoms with Gasteiger partial charge in [0.15, 0.2) is 0 Å². The first-order chi connectivity index (χ1) is 7.61. The molecule has 1 N–H and O–H groups in total. The average molecular weight is 221 g/mol. The zero-order valence-electron chi connectivity index (χ0n) is 9.89. The first-order valence-corrected chi connectivity index (χ1v) is 5.54. The van der Waals surface area contributed by atoms with Gasteiger partial charge in [0.05, 0.1) is 0 Å². The molecule has 0 radical (unpaired) electrons. The highest BCUT2D eigenvalue weighted by Gasteiger charge is 2.13. The summed E-state index contributed by atoms with van der Waals surface area (Å²) in [5.41, 5.74) is 1.25. The first kappa shape index (κ1) is 12.7. The summed E-state index contributed by atoms with van der Waals surface area (Å²) in [6.45, 7) is 0. The van der Waals surface area contributed by atoms with Crippen LogP contribution in [0, 0.1) is 0 Å². The standard InChI is InChI=1S/C13H19NO2/c1-14(2)12(9-6-10-13(15)16)11-7-4-3-5-8-11/h3-5,7-8,12H,6,9-10H2,1-2H3,(H,15,16). The Morgan fingerprint density at radius 3 is 2.44 bits per heavy atom. The molecule has 1 aromatic rings. The minimum Gasteiger partial charge on any atom is -0.481 e. The van der Waals surface area contributed by atoms with E-state index in [1.807, 2.05) is 32.3 Å². The fourth-order valence-electron chi connectivity index (χ4n) is 1.84. The van der Waals surface area contributed by atoms with Crippen molar-refractivity contribution in [3.63, 3.8) is 0 Å². The third-order valence-electron chi connectivity index (χ3n) is 2.68. The Kier molecular flexibility index (Phi) is 4.99. The van der Waals surface area contributed by atoms with Crippen LogP contribution in [0.15, 0.2) is 30.3 Å². The van der Waals surface area contributed by atoms with Crippen LogP contribution in [-0.2, 0) is 4.79 Å². The van der Waals surface area contributed by atoms with Gasteiger partial charge in [-0.1, -0.05) is 30.3 Å². The third-order valence-corrected chi connectivity index (χ3v) is 2.68. The second-order valence-electron chi connectivity index (χ2n) is 4.18. The molecular formula is C13H19NO2. The third kappa shape index (κ3) is 4.03. The predicted octanol–water partition coefficient (Wildman–Crippen LogP) is 2.54. The van der Waals surface area contributed by atoms with Crippen LogP contribution < -0.4 is 0 Å². The lowest BCUT2D eigenvalue weighted by atomic mass is 10.0. The smallest absolute Gasteiger partial charge is 0.303 e. The van der Waals surface area contributed by atoms with Gasteiger partial charge in [-0.15, -0.1) is 0 Å². The van der Waals surface area contributed by atoms with Crippen molar-refractivity contribution in [1.82, 2.24) is 4.90 Å². The molecule has 88 valence electrons. The van der Waals surface area contributed by atoms with E-state index in [9.17, 15) is 4.79 Å². The van der Waals surface area contributed by atoms with Crippen molar-refractivity contribution in [3.8, 4) is 0 Å². The second-order valence-corrected chi connectivity index (χ2v) is 4.18. The van der Waals surface area contributed by atoms with E-state index in [0.717, 1.165) is 6.42 Å². The fourth-order valence-corrected chi connectivity index (χ4v) is 1.84. The molecule has 0 aromatic heterocycles. The van der Waals surface area contributed by atoms with Gasteiger partial charge >= 0.3 is 5.97 Å². The molecule has 0 aliphatic rings. The minimum atomic E-state index is -0.717. The summed E-state index contributed by atoms with van der Waals surface area (Å²) < 4.78 is 0. The Bertz CT molecular complexity index is 322. The number of hydrogen-bond acceptors (Lipinski definition) is 2. The van der Waals surface area contributed by atoms with E-state index in [0.29, 0.717) is 12.5 Å². The predicted molar refractivity (Wildman–Crippen MR) is 64.4 cm³/mol. The molecule has 0 saturated carbocycles. The van der Waals surface area contributed by atoms with Gasteiger partial charge in [0.25, 0.3) is 0 Å². The zero-order chi connectivity index (χ0) is 12.0. The number of carboxylic acids is 1. The number of rotatable bonds is 6. The summed E-state index contributed by atoms with van der Waals surface area (Å²) >= 11 is 0. The molecule has 0 saturated heterocycles. The van der Waals surface area contributed by atoms with Gasteiger partial charge < -0.3 is 10.0 Å². The molecule has 0 aliphatic heterocycles. The molecule has 0 heterocycles. The highest BCUT2D eigenvalue weighted by Crippen LogP contribution is 2.23. The number of carbonyl (C=O) groups is 1. The summed E-state index contributed by atoms with van der Waals surface area (Å²) in [5.74, 6) is -0.717. The lowest BCUT2D eigenvalue weighted by Gasteiger charge is -2.24. The number of benzene rings is 1. The lowest BCUT2D eigenvalue weighted by molar-refractivity contribution is -0.137. The highest BCUT2D eigenvalue weighted by molar-refractivity contribution is 5.66. The second kappa shape index (κ2) is 6.28. The topological polar surface area (TPSA) is 40.5 Å². The largest absolute Gasteiger partial charge is 0.481 e. The molecule has 0 aliphatic carbocycles. The lowest BCUT2D eigenvalue weighted by Crippen LogP contribution is -2.20. The number of nitrogens with zero attached hydrogens (tertiary/aromatic N) is 1. The molecule has 0 spiro atoms. The van der Waals surface area contributed by atoms with E-state index < -0.39 is 5.97 Å². The Labute approximate surface area is 96.7 Å². The van der Waals surface area contributed by atoms with E-state index in [2.05, 4.69) is 17.0 Å². The van der Waals surface area contributed by atoms with Crippen LogP contribution in [0.1, 0.15) is 30.9 Å². The summed E-state index contributed by atoms with van der Waals surface area (Å²) in [6, 6.07) is 10.5. The van der Waals surface area contributed by atoms with Crippen LogP contribution in [0.25, 0.3) is 0 Å². The maximum Gasteiger partial charge on any atom is 0.303 e. The van der Waals surface area contributed by atoms with Gasteiger partial charge in [-0.25, -0.2) is 0 Å². The van der Waals surface area contributed by atoms with Crippen LogP contribution in [0.5, 0.6) is 0 Å². The van der Waals surface area contributed by atoms with Crippen molar-refractivity contribution in [3.05, 3.63) is 35.9 Å². The minimum absolute atomic E-state index is 0.247. The summed E-state index contributed by atoms with van der Waals surface area (Å²) in [7, 11) is 4.05. The molecule has 1 rings (SSSR count). The van der Waals surface area contributed by atoms with Gasteiger partial charge in [0.2, 0.25) is 0 Å². The quantitative estimate of drug-likeness (QED) is 0.802. The maximum atomic E-state index is 10.5. The van der Waals surface area contributed by atoms with E-state index in [1.54, 1.807) is 0 Å². The van der Waals surface area contributed by atoms with Gasteiger partial charge in [-0.2, -0.15) is 0 Å². The zero-order valence-corrected chi connectivity index (χ0v) is 9.89. The molecular weight excluding hydrogens is 202 g/mol.